The van der Waals surface area contributed by atoms with E-state index in [4.69, 9.17) is 0 Å². The number of amides is 1. The lowest BCUT2D eigenvalue weighted by atomic mass is 10.1. The molecule has 0 spiro atoms. The van der Waals surface area contributed by atoms with Gasteiger partial charge in [-0.05, 0) is 36.2 Å². The number of aromatic nitrogens is 1. The van der Waals surface area contributed by atoms with Gasteiger partial charge in [0.15, 0.2) is 0 Å². The first-order valence-corrected chi connectivity index (χ1v) is 9.74. The zero-order valence-electron chi connectivity index (χ0n) is 14.5. The molecule has 1 aromatic heterocycles. The summed E-state index contributed by atoms with van der Waals surface area (Å²) in [5.41, 5.74) is 0.478. The quantitative estimate of drug-likeness (QED) is 0.547. The van der Waals surface area contributed by atoms with Crippen molar-refractivity contribution in [2.24, 2.45) is 0 Å². The summed E-state index contributed by atoms with van der Waals surface area (Å²) in [6.07, 6.45) is 2.68. The highest BCUT2D eigenvalue weighted by Crippen LogP contribution is 2.10. The molecule has 4 nitrogen and oxygen atoms in total. The van der Waals surface area contributed by atoms with E-state index in [1.54, 1.807) is 30.3 Å². The van der Waals surface area contributed by atoms with Crippen LogP contribution in [0.5, 0.6) is 0 Å². The van der Waals surface area contributed by atoms with Crippen molar-refractivity contribution in [1.29, 1.82) is 0 Å². The van der Waals surface area contributed by atoms with Gasteiger partial charge in [0.25, 0.3) is 5.91 Å². The van der Waals surface area contributed by atoms with Crippen molar-refractivity contribution in [3.05, 3.63) is 95.3 Å². The average molecular weight is 396 g/mol. The van der Waals surface area contributed by atoms with Gasteiger partial charge in [0.1, 0.15) is 11.6 Å². The number of nitrogens with zero attached hydrogens (tertiary/aromatic N) is 1. The van der Waals surface area contributed by atoms with Crippen LogP contribution in [0.3, 0.4) is 0 Å². The molecule has 2 aromatic carbocycles. The maximum atomic E-state index is 13.6. The van der Waals surface area contributed by atoms with Gasteiger partial charge in [0.05, 0.1) is 20.8 Å². The normalized spacial score (nSPS) is 12.4. The second-order valence-electron chi connectivity index (χ2n) is 5.76. The van der Waals surface area contributed by atoms with Crippen LogP contribution < -0.4 is 4.72 Å². The fourth-order valence-corrected chi connectivity index (χ4v) is 3.40. The molecule has 0 aliphatic heterocycles. The minimum atomic E-state index is -3.03. The van der Waals surface area contributed by atoms with Gasteiger partial charge >= 0.3 is 0 Å². The van der Waals surface area contributed by atoms with Crippen LogP contribution in [-0.2, 0) is 9.71 Å². The van der Waals surface area contributed by atoms with Gasteiger partial charge in [0, 0.05) is 28.9 Å². The Labute approximate surface area is 161 Å². The second kappa shape index (κ2) is 8.03. The molecule has 0 bridgehead atoms. The Bertz CT molecular complexity index is 1200. The van der Waals surface area contributed by atoms with E-state index in [0.717, 1.165) is 12.1 Å². The number of carbonyl (C=O) groups excluding carboxylic acids is 1. The summed E-state index contributed by atoms with van der Waals surface area (Å²) >= 11 is 0. The smallest absolute Gasteiger partial charge is 0.264 e. The molecule has 1 amide bonds. The first-order valence-electron chi connectivity index (χ1n) is 8.02. The van der Waals surface area contributed by atoms with Crippen LogP contribution in [0.2, 0.25) is 0 Å². The van der Waals surface area contributed by atoms with Gasteiger partial charge in [-0.2, -0.15) is 0 Å². The SMILES string of the molecule is C=S(=O)(NC(=O)c1cncc(C#Cc2ccc(F)cc2F)c1)c1ccccc1. The Morgan fingerprint density at radius 2 is 1.79 bits per heavy atom. The van der Waals surface area contributed by atoms with Crippen LogP contribution >= 0.6 is 0 Å². The Hall–Kier alpha value is -3.50. The van der Waals surface area contributed by atoms with Gasteiger partial charge in [0.2, 0.25) is 0 Å². The molecule has 7 heteroatoms. The van der Waals surface area contributed by atoms with E-state index in [0.29, 0.717) is 10.5 Å². The van der Waals surface area contributed by atoms with Crippen LogP contribution in [-0.4, -0.2) is 21.0 Å². The van der Waals surface area contributed by atoms with Gasteiger partial charge in [-0.15, -0.1) is 0 Å². The number of benzene rings is 2. The van der Waals surface area contributed by atoms with E-state index in [1.165, 1.54) is 24.5 Å². The molecule has 0 aliphatic carbocycles. The Balaban J connectivity index is 1.82. The molecule has 28 heavy (non-hydrogen) atoms. The van der Waals surface area contributed by atoms with E-state index in [9.17, 15) is 17.8 Å². The van der Waals surface area contributed by atoms with Crippen molar-refractivity contribution in [2.75, 3.05) is 0 Å². The Morgan fingerprint density at radius 3 is 2.50 bits per heavy atom. The number of hydrogen-bond donors (Lipinski definition) is 1. The summed E-state index contributed by atoms with van der Waals surface area (Å²) in [7, 11) is -3.03. The maximum Gasteiger partial charge on any atom is 0.264 e. The van der Waals surface area contributed by atoms with Crippen LogP contribution in [0.4, 0.5) is 8.78 Å². The van der Waals surface area contributed by atoms with Crippen LogP contribution in [0.1, 0.15) is 21.5 Å². The molecule has 1 unspecified atom stereocenters. The zero-order valence-corrected chi connectivity index (χ0v) is 15.3. The lowest BCUT2D eigenvalue weighted by molar-refractivity contribution is 0.0982. The summed E-state index contributed by atoms with van der Waals surface area (Å²) in [4.78, 5) is 16.7. The van der Waals surface area contributed by atoms with Crippen LogP contribution in [0.15, 0.2) is 71.9 Å². The minimum absolute atomic E-state index is 0.0149. The summed E-state index contributed by atoms with van der Waals surface area (Å²) < 4.78 is 41.6. The maximum absolute atomic E-state index is 13.6. The largest absolute Gasteiger partial charge is 0.275 e. The van der Waals surface area contributed by atoms with Gasteiger partial charge in [-0.1, -0.05) is 30.0 Å². The fourth-order valence-electron chi connectivity index (χ4n) is 2.27. The molecule has 0 saturated carbocycles. The zero-order chi connectivity index (χ0) is 20.1. The van der Waals surface area contributed by atoms with Gasteiger partial charge in [-0.25, -0.2) is 13.0 Å². The molecular weight excluding hydrogens is 382 g/mol. The summed E-state index contributed by atoms with van der Waals surface area (Å²) in [6.45, 7) is 0. The third-order valence-electron chi connectivity index (χ3n) is 3.65. The third-order valence-corrected chi connectivity index (χ3v) is 5.20. The van der Waals surface area contributed by atoms with Gasteiger partial charge in [-0.3, -0.25) is 14.5 Å². The predicted octanol–water partition coefficient (Wildman–Crippen LogP) is 3.18. The molecule has 0 fully saturated rings. The lowest BCUT2D eigenvalue weighted by Gasteiger charge is -2.11. The highest BCUT2D eigenvalue weighted by molar-refractivity contribution is 7.99. The van der Waals surface area contributed by atoms with E-state index in [-0.39, 0.29) is 11.1 Å². The first-order chi connectivity index (χ1) is 13.3. The molecule has 1 heterocycles. The van der Waals surface area contributed by atoms with E-state index in [2.05, 4.69) is 27.4 Å². The molecule has 0 aliphatic rings. The molecule has 0 saturated heterocycles. The number of rotatable bonds is 3. The van der Waals surface area contributed by atoms with Crippen molar-refractivity contribution in [3.63, 3.8) is 0 Å². The van der Waals surface area contributed by atoms with Gasteiger partial charge < -0.3 is 0 Å². The molecule has 3 rings (SSSR count). The fraction of sp³-hybridized carbons (Fsp3) is 0. The molecule has 0 radical (unpaired) electrons. The van der Waals surface area contributed by atoms with Crippen molar-refractivity contribution in [1.82, 2.24) is 9.71 Å². The van der Waals surface area contributed by atoms with Crippen molar-refractivity contribution in [2.45, 2.75) is 4.90 Å². The van der Waals surface area contributed by atoms with E-state index in [1.807, 2.05) is 0 Å². The number of pyridine rings is 1. The highest BCUT2D eigenvalue weighted by atomic mass is 32.2. The van der Waals surface area contributed by atoms with E-state index < -0.39 is 27.2 Å². The summed E-state index contributed by atoms with van der Waals surface area (Å²) in [5, 5.41) is 0. The molecule has 1 atom stereocenters. The Kier molecular flexibility index (Phi) is 5.52. The topological polar surface area (TPSA) is 59.1 Å². The minimum Gasteiger partial charge on any atom is -0.275 e. The predicted molar refractivity (Wildman–Crippen MR) is 104 cm³/mol. The average Bonchev–Trinajstić information content (AvgIpc) is 2.68. The lowest BCUT2D eigenvalue weighted by Crippen LogP contribution is -2.30. The number of hydrogen-bond acceptors (Lipinski definition) is 3. The second-order valence-corrected chi connectivity index (χ2v) is 7.78. The highest BCUT2D eigenvalue weighted by Gasteiger charge is 2.14. The number of halogens is 2. The van der Waals surface area contributed by atoms with Crippen molar-refractivity contribution < 1.29 is 17.8 Å². The molecule has 140 valence electrons. The molecule has 3 aromatic rings. The number of nitrogens with one attached hydrogen (secondary N) is 1. The third kappa shape index (κ3) is 4.61. The van der Waals surface area contributed by atoms with E-state index >= 15 is 0 Å². The van der Waals surface area contributed by atoms with Crippen LogP contribution in [0.25, 0.3) is 0 Å². The molecule has 1 N–H and O–H groups in total. The Morgan fingerprint density at radius 1 is 1.04 bits per heavy atom. The first kappa shape index (κ1) is 19.3. The summed E-state index contributed by atoms with van der Waals surface area (Å²) in [6, 6.07) is 12.8. The number of carbonyl (C=O) groups is 1. The molecular formula is C21H14F2N2O2S. The van der Waals surface area contributed by atoms with Crippen molar-refractivity contribution in [3.8, 4) is 11.8 Å². The van der Waals surface area contributed by atoms with Crippen LogP contribution in [0, 0.1) is 23.5 Å². The monoisotopic (exact) mass is 396 g/mol. The standard InChI is InChI=1S/C21H14F2N2O2S/c1-28(27,19-5-3-2-4-6-19)25-21(26)17-11-15(13-24-14-17)7-8-16-9-10-18(22)12-20(16)23/h2-6,9-14H,1H2,(H,25,26,27). The van der Waals surface area contributed by atoms with Crippen molar-refractivity contribution >= 4 is 21.5 Å². The summed E-state index contributed by atoms with van der Waals surface area (Å²) in [5.74, 6) is 6.72.